The number of piperidine rings is 1. The Labute approximate surface area is 195 Å². The lowest BCUT2D eigenvalue weighted by molar-refractivity contribution is 0.0686. The van der Waals surface area contributed by atoms with Gasteiger partial charge < -0.3 is 30.7 Å². The highest BCUT2D eigenvalue weighted by molar-refractivity contribution is 5.91. The first kappa shape index (κ1) is 23.0. The summed E-state index contributed by atoms with van der Waals surface area (Å²) in [5.74, 6) is -2.51. The zero-order valence-corrected chi connectivity index (χ0v) is 18.3. The predicted octanol–water partition coefficient (Wildman–Crippen LogP) is 2.63. The molecule has 2 aromatic carbocycles. The summed E-state index contributed by atoms with van der Waals surface area (Å²) in [7, 11) is 0. The van der Waals surface area contributed by atoms with Crippen molar-refractivity contribution in [3.63, 3.8) is 0 Å². The number of aromatic hydroxyl groups is 1. The van der Waals surface area contributed by atoms with E-state index >= 15 is 0 Å². The molecule has 0 unspecified atom stereocenters. The second-order valence-electron chi connectivity index (χ2n) is 8.02. The average Bonchev–Trinajstić information content (AvgIpc) is 2.85. The first-order valence-electron chi connectivity index (χ1n) is 10.9. The molecule has 2 heterocycles. The van der Waals surface area contributed by atoms with Gasteiger partial charge in [0, 0.05) is 23.8 Å². The molecule has 1 aliphatic heterocycles. The van der Waals surface area contributed by atoms with E-state index in [1.165, 1.54) is 0 Å². The zero-order valence-electron chi connectivity index (χ0n) is 18.3. The summed E-state index contributed by atoms with van der Waals surface area (Å²) in [4.78, 5) is 44.6. The number of nitrogens with zero attached hydrogens (tertiary/aromatic N) is 2. The lowest BCUT2D eigenvalue weighted by atomic mass is 10.0. The van der Waals surface area contributed by atoms with Crippen LogP contribution < -0.4 is 16.2 Å². The molecule has 0 bridgehead atoms. The van der Waals surface area contributed by atoms with Crippen LogP contribution in [-0.2, 0) is 6.54 Å². The van der Waals surface area contributed by atoms with Crippen molar-refractivity contribution in [1.29, 1.82) is 0 Å². The number of carbonyl (C=O) groups is 2. The van der Waals surface area contributed by atoms with Crippen LogP contribution in [0.15, 0.2) is 59.4 Å². The Bertz CT molecular complexity index is 1240. The van der Waals surface area contributed by atoms with Gasteiger partial charge in [0.1, 0.15) is 5.82 Å². The number of aromatic carboxylic acids is 1. The van der Waals surface area contributed by atoms with Crippen molar-refractivity contribution in [2.75, 3.05) is 18.4 Å². The van der Waals surface area contributed by atoms with Crippen LogP contribution in [0, 0.1) is 0 Å². The number of rotatable bonds is 6. The lowest BCUT2D eigenvalue weighted by Crippen LogP contribution is -2.47. The highest BCUT2D eigenvalue weighted by Gasteiger charge is 2.26. The van der Waals surface area contributed by atoms with Crippen molar-refractivity contribution in [2.45, 2.75) is 25.4 Å². The summed E-state index contributed by atoms with van der Waals surface area (Å²) in [5.41, 5.74) is 0.165. The third-order valence-corrected chi connectivity index (χ3v) is 5.69. The Morgan fingerprint density at radius 3 is 2.53 bits per heavy atom. The Morgan fingerprint density at radius 1 is 1.09 bits per heavy atom. The molecule has 34 heavy (non-hydrogen) atoms. The van der Waals surface area contributed by atoms with Crippen LogP contribution in [0.4, 0.5) is 10.5 Å². The van der Waals surface area contributed by atoms with Crippen molar-refractivity contribution in [2.24, 2.45) is 0 Å². The molecule has 1 aliphatic rings. The third kappa shape index (κ3) is 5.24. The van der Waals surface area contributed by atoms with Gasteiger partial charge in [-0.2, -0.15) is 0 Å². The molecule has 5 N–H and O–H groups in total. The number of H-pyrrole nitrogens is 1. The quantitative estimate of drug-likeness (QED) is 0.377. The second kappa shape index (κ2) is 10.2. The molecule has 0 spiro atoms. The van der Waals surface area contributed by atoms with Crippen LogP contribution in [0.1, 0.15) is 28.9 Å². The van der Waals surface area contributed by atoms with Gasteiger partial charge in [0.05, 0.1) is 0 Å². The maximum absolute atomic E-state index is 13.3. The topological polar surface area (TPSA) is 148 Å². The van der Waals surface area contributed by atoms with Crippen molar-refractivity contribution in [3.8, 4) is 17.1 Å². The number of hydrogen-bond acceptors (Lipinski definition) is 6. The number of carboxylic acids is 1. The number of benzene rings is 2. The number of carbonyl (C=O) groups excluding carboxylic acids is 1. The molecule has 1 saturated heterocycles. The van der Waals surface area contributed by atoms with E-state index in [-0.39, 0.29) is 17.9 Å². The Kier molecular flexibility index (Phi) is 6.88. The van der Waals surface area contributed by atoms with Gasteiger partial charge in [-0.3, -0.25) is 4.79 Å². The molecule has 10 nitrogen and oxygen atoms in total. The Balaban J connectivity index is 1.59. The maximum atomic E-state index is 13.3. The normalized spacial score (nSPS) is 13.9. The van der Waals surface area contributed by atoms with E-state index in [1.807, 2.05) is 35.2 Å². The Hall–Kier alpha value is -4.18. The number of nitrogens with one attached hydrogen (secondary N) is 3. The van der Waals surface area contributed by atoms with E-state index < -0.39 is 23.0 Å². The largest absolute Gasteiger partial charge is 0.501 e. The van der Waals surface area contributed by atoms with E-state index in [0.29, 0.717) is 17.8 Å². The molecule has 1 fully saturated rings. The molecule has 0 aliphatic carbocycles. The van der Waals surface area contributed by atoms with Crippen LogP contribution in [0.2, 0.25) is 0 Å². The number of hydrogen-bond donors (Lipinski definition) is 5. The Morgan fingerprint density at radius 2 is 1.82 bits per heavy atom. The van der Waals surface area contributed by atoms with Gasteiger partial charge in [-0.15, -0.1) is 0 Å². The van der Waals surface area contributed by atoms with E-state index in [9.17, 15) is 24.6 Å². The zero-order chi connectivity index (χ0) is 24.1. The number of urea groups is 1. The number of amides is 2. The summed E-state index contributed by atoms with van der Waals surface area (Å²) in [5, 5.41) is 25.1. The highest BCUT2D eigenvalue weighted by atomic mass is 16.4. The number of aromatic amines is 1. The molecule has 0 radical (unpaired) electrons. The standard InChI is InChI=1S/C24H25N5O5/c30-20-19(23(32)33)27-21(28-22(20)31)16-7-4-8-17(13-16)26-24(34)29(18-9-11-25-12-10-18)14-15-5-2-1-3-6-15/h1-8,13,18,25,30H,9-12,14H2,(H,26,34)(H,32,33)(H,27,28,31). The van der Waals surface area contributed by atoms with Crippen LogP contribution in [-0.4, -0.2) is 56.2 Å². The molecule has 0 saturated carbocycles. The summed E-state index contributed by atoms with van der Waals surface area (Å²) < 4.78 is 0. The number of aromatic nitrogens is 2. The fourth-order valence-electron chi connectivity index (χ4n) is 3.96. The molecular weight excluding hydrogens is 438 g/mol. The minimum absolute atomic E-state index is 0.0317. The van der Waals surface area contributed by atoms with Crippen molar-refractivity contribution in [1.82, 2.24) is 20.2 Å². The molecule has 0 atom stereocenters. The van der Waals surface area contributed by atoms with Gasteiger partial charge in [-0.25, -0.2) is 14.6 Å². The average molecular weight is 463 g/mol. The van der Waals surface area contributed by atoms with E-state index in [4.69, 9.17) is 0 Å². The van der Waals surface area contributed by atoms with E-state index in [0.717, 1.165) is 31.5 Å². The van der Waals surface area contributed by atoms with Gasteiger partial charge in [0.25, 0.3) is 5.56 Å². The number of anilines is 1. The van der Waals surface area contributed by atoms with Gasteiger partial charge in [-0.05, 0) is 43.6 Å². The molecule has 4 rings (SSSR count). The monoisotopic (exact) mass is 463 g/mol. The molecular formula is C24H25N5O5. The SMILES string of the molecule is O=C(O)c1nc(-c2cccc(NC(=O)N(Cc3ccccc3)C3CCNCC3)c2)[nH]c(=O)c1O. The number of carboxylic acid groups (broad SMARTS) is 1. The highest BCUT2D eigenvalue weighted by Crippen LogP contribution is 2.23. The minimum atomic E-state index is -1.52. The molecule has 10 heteroatoms. The molecule has 3 aromatic rings. The molecule has 2 amide bonds. The summed E-state index contributed by atoms with van der Waals surface area (Å²) in [6, 6.07) is 16.1. The second-order valence-corrected chi connectivity index (χ2v) is 8.02. The summed E-state index contributed by atoms with van der Waals surface area (Å²) >= 11 is 0. The van der Waals surface area contributed by atoms with Crippen LogP contribution >= 0.6 is 0 Å². The molecule has 176 valence electrons. The summed E-state index contributed by atoms with van der Waals surface area (Å²) in [6.45, 7) is 2.14. The van der Waals surface area contributed by atoms with Crippen LogP contribution in [0.3, 0.4) is 0 Å². The third-order valence-electron chi connectivity index (χ3n) is 5.69. The minimum Gasteiger partial charge on any atom is -0.501 e. The van der Waals surface area contributed by atoms with Crippen LogP contribution in [0.5, 0.6) is 5.75 Å². The van der Waals surface area contributed by atoms with Gasteiger partial charge in [-0.1, -0.05) is 42.5 Å². The molecule has 1 aromatic heterocycles. The van der Waals surface area contributed by atoms with Crippen molar-refractivity contribution < 1.29 is 19.8 Å². The fourth-order valence-corrected chi connectivity index (χ4v) is 3.96. The lowest BCUT2D eigenvalue weighted by Gasteiger charge is -2.34. The predicted molar refractivity (Wildman–Crippen MR) is 126 cm³/mol. The fraction of sp³-hybridized carbons (Fsp3) is 0.250. The van der Waals surface area contributed by atoms with Crippen LogP contribution in [0.25, 0.3) is 11.4 Å². The summed E-state index contributed by atoms with van der Waals surface area (Å²) in [6.07, 6.45) is 1.69. The first-order chi connectivity index (χ1) is 16.4. The van der Waals surface area contributed by atoms with Gasteiger partial charge >= 0.3 is 12.0 Å². The van der Waals surface area contributed by atoms with Crippen molar-refractivity contribution >= 4 is 17.7 Å². The van der Waals surface area contributed by atoms with E-state index in [1.54, 1.807) is 24.3 Å². The van der Waals surface area contributed by atoms with E-state index in [2.05, 4.69) is 20.6 Å². The van der Waals surface area contributed by atoms with Crippen molar-refractivity contribution in [3.05, 3.63) is 76.2 Å². The smallest absolute Gasteiger partial charge is 0.358 e. The van der Waals surface area contributed by atoms with Gasteiger partial charge in [0.2, 0.25) is 5.75 Å². The van der Waals surface area contributed by atoms with Gasteiger partial charge in [0.15, 0.2) is 5.69 Å². The first-order valence-corrected chi connectivity index (χ1v) is 10.9. The maximum Gasteiger partial charge on any atom is 0.358 e.